The Hall–Kier alpha value is -1.10. The van der Waals surface area contributed by atoms with Crippen molar-refractivity contribution in [3.8, 4) is 0 Å². The van der Waals surface area contributed by atoms with E-state index in [1.165, 1.54) is 5.69 Å². The fraction of sp³-hybridized carbons (Fsp3) is 0.647. The first-order valence-electron chi connectivity index (χ1n) is 8.11. The number of nitrogens with two attached hydrogens (primary N) is 1. The van der Waals surface area contributed by atoms with Gasteiger partial charge in [-0.25, -0.2) is 0 Å². The van der Waals surface area contributed by atoms with Crippen LogP contribution in [0.4, 0.5) is 5.69 Å². The molecule has 0 radical (unpaired) electrons. The van der Waals surface area contributed by atoms with Crippen LogP contribution in [0.15, 0.2) is 30.3 Å². The summed E-state index contributed by atoms with van der Waals surface area (Å²) in [5, 5.41) is 12.9. The van der Waals surface area contributed by atoms with Gasteiger partial charge >= 0.3 is 0 Å². The first-order valence-corrected chi connectivity index (χ1v) is 8.11. The molecule has 1 fully saturated rings. The molecular formula is C17H29N3O. The second kappa shape index (κ2) is 7.78. The van der Waals surface area contributed by atoms with Crippen molar-refractivity contribution in [2.45, 2.75) is 44.2 Å². The fourth-order valence-corrected chi connectivity index (χ4v) is 3.21. The predicted molar refractivity (Wildman–Crippen MR) is 88.6 cm³/mol. The molecule has 4 heteroatoms. The highest BCUT2D eigenvalue weighted by Gasteiger charge is 2.34. The van der Waals surface area contributed by atoms with Crippen LogP contribution in [0.3, 0.4) is 0 Å². The molecule has 0 aliphatic carbocycles. The van der Waals surface area contributed by atoms with E-state index in [-0.39, 0.29) is 12.1 Å². The molecule has 1 saturated heterocycles. The maximum atomic E-state index is 9.17. The quantitative estimate of drug-likeness (QED) is 0.716. The maximum absolute atomic E-state index is 9.17. The Labute approximate surface area is 128 Å². The normalized spacial score (nSPS) is 19.5. The highest BCUT2D eigenvalue weighted by molar-refractivity contribution is 5.46. The molecule has 0 aromatic heterocycles. The van der Waals surface area contributed by atoms with Gasteiger partial charge in [-0.15, -0.1) is 0 Å². The van der Waals surface area contributed by atoms with Crippen LogP contribution in [-0.4, -0.2) is 42.9 Å². The zero-order valence-corrected chi connectivity index (χ0v) is 13.1. The van der Waals surface area contributed by atoms with E-state index in [0.29, 0.717) is 12.6 Å². The average molecular weight is 291 g/mol. The Morgan fingerprint density at radius 2 is 1.95 bits per heavy atom. The summed E-state index contributed by atoms with van der Waals surface area (Å²) in [7, 11) is 0. The van der Waals surface area contributed by atoms with Crippen LogP contribution in [0.1, 0.15) is 32.6 Å². The van der Waals surface area contributed by atoms with Crippen LogP contribution in [0.25, 0.3) is 0 Å². The van der Waals surface area contributed by atoms with Gasteiger partial charge in [-0.1, -0.05) is 25.1 Å². The van der Waals surface area contributed by atoms with Crippen LogP contribution in [-0.2, 0) is 0 Å². The molecule has 1 aliphatic heterocycles. The number of piperidine rings is 1. The minimum absolute atomic E-state index is 0.0289. The number of hydrogen-bond acceptors (Lipinski definition) is 4. The molecule has 0 saturated carbocycles. The molecule has 0 spiro atoms. The summed E-state index contributed by atoms with van der Waals surface area (Å²) in [6.07, 6.45) is 3.95. The number of benzene rings is 1. The lowest BCUT2D eigenvalue weighted by Crippen LogP contribution is -2.60. The lowest BCUT2D eigenvalue weighted by Gasteiger charge is -2.44. The molecule has 1 aliphatic rings. The topological polar surface area (TPSA) is 61.5 Å². The first-order chi connectivity index (χ1) is 10.2. The van der Waals surface area contributed by atoms with Gasteiger partial charge in [0.2, 0.25) is 0 Å². The second-order valence-corrected chi connectivity index (χ2v) is 6.07. The van der Waals surface area contributed by atoms with Gasteiger partial charge in [-0.2, -0.15) is 0 Å². The van der Waals surface area contributed by atoms with Crippen molar-refractivity contribution in [2.24, 2.45) is 5.73 Å². The molecule has 4 nitrogen and oxygen atoms in total. The van der Waals surface area contributed by atoms with E-state index >= 15 is 0 Å². The third kappa shape index (κ3) is 4.19. The number of para-hydroxylation sites is 1. The first kappa shape index (κ1) is 16.3. The molecule has 1 unspecified atom stereocenters. The van der Waals surface area contributed by atoms with Crippen molar-refractivity contribution in [3.05, 3.63) is 30.3 Å². The number of rotatable bonds is 7. The molecule has 4 N–H and O–H groups in total. The van der Waals surface area contributed by atoms with Gasteiger partial charge in [0.1, 0.15) is 0 Å². The summed E-state index contributed by atoms with van der Waals surface area (Å²) >= 11 is 0. The van der Waals surface area contributed by atoms with E-state index in [9.17, 15) is 0 Å². The molecule has 1 aromatic rings. The lowest BCUT2D eigenvalue weighted by atomic mass is 9.86. The molecule has 1 atom stereocenters. The van der Waals surface area contributed by atoms with Crippen LogP contribution in [0, 0.1) is 0 Å². The molecular weight excluding hydrogens is 262 g/mol. The van der Waals surface area contributed by atoms with Gasteiger partial charge in [0, 0.05) is 43.5 Å². The maximum Gasteiger partial charge on any atom is 0.0445 e. The molecule has 118 valence electrons. The smallest absolute Gasteiger partial charge is 0.0445 e. The summed E-state index contributed by atoms with van der Waals surface area (Å²) < 4.78 is 0. The third-order valence-corrected chi connectivity index (χ3v) is 4.71. The predicted octanol–water partition coefficient (Wildman–Crippen LogP) is 1.73. The Kier molecular flexibility index (Phi) is 6.03. The zero-order chi connectivity index (χ0) is 15.1. The summed E-state index contributed by atoms with van der Waals surface area (Å²) in [5.41, 5.74) is 7.40. The van der Waals surface area contributed by atoms with Crippen LogP contribution >= 0.6 is 0 Å². The molecule has 0 bridgehead atoms. The van der Waals surface area contributed by atoms with Gasteiger partial charge < -0.3 is 21.1 Å². The van der Waals surface area contributed by atoms with E-state index < -0.39 is 0 Å². The highest BCUT2D eigenvalue weighted by atomic mass is 16.3. The van der Waals surface area contributed by atoms with E-state index in [1.807, 2.05) is 0 Å². The Morgan fingerprint density at radius 3 is 2.48 bits per heavy atom. The van der Waals surface area contributed by atoms with Crippen molar-refractivity contribution in [3.63, 3.8) is 0 Å². The number of nitrogens with zero attached hydrogens (tertiary/aromatic N) is 1. The van der Waals surface area contributed by atoms with Crippen molar-refractivity contribution in [1.82, 2.24) is 5.32 Å². The van der Waals surface area contributed by atoms with Gasteiger partial charge in [0.05, 0.1) is 0 Å². The molecule has 1 aromatic carbocycles. The summed E-state index contributed by atoms with van der Waals surface area (Å²) in [6.45, 7) is 5.13. The van der Waals surface area contributed by atoms with E-state index in [2.05, 4.69) is 47.5 Å². The van der Waals surface area contributed by atoms with Gasteiger partial charge in [0.15, 0.2) is 0 Å². The largest absolute Gasteiger partial charge is 0.396 e. The molecule has 21 heavy (non-hydrogen) atoms. The number of hydrogen-bond donors (Lipinski definition) is 3. The van der Waals surface area contributed by atoms with E-state index in [4.69, 9.17) is 10.8 Å². The van der Waals surface area contributed by atoms with Crippen molar-refractivity contribution in [2.75, 3.05) is 31.1 Å². The molecule has 0 amide bonds. The molecule has 2 rings (SSSR count). The Bertz CT molecular complexity index is 402. The lowest BCUT2D eigenvalue weighted by molar-refractivity contribution is 0.201. The van der Waals surface area contributed by atoms with Crippen molar-refractivity contribution in [1.29, 1.82) is 0 Å². The average Bonchev–Trinajstić information content (AvgIpc) is 2.56. The highest BCUT2D eigenvalue weighted by Crippen LogP contribution is 2.26. The van der Waals surface area contributed by atoms with E-state index in [0.717, 1.165) is 38.8 Å². The van der Waals surface area contributed by atoms with Crippen LogP contribution in [0.2, 0.25) is 0 Å². The number of aliphatic hydroxyl groups is 1. The minimum atomic E-state index is 0.0289. The van der Waals surface area contributed by atoms with Gasteiger partial charge in [-0.05, 0) is 37.8 Å². The van der Waals surface area contributed by atoms with Crippen molar-refractivity contribution < 1.29 is 5.11 Å². The third-order valence-electron chi connectivity index (χ3n) is 4.71. The number of nitrogens with one attached hydrogen (secondary N) is 1. The second-order valence-electron chi connectivity index (χ2n) is 6.07. The van der Waals surface area contributed by atoms with Crippen LogP contribution < -0.4 is 16.0 Å². The summed E-state index contributed by atoms with van der Waals surface area (Å²) in [6, 6.07) is 10.9. The SMILES string of the molecule is CCC(CCO)NC1(CN)CCN(c2ccccc2)CC1. The van der Waals surface area contributed by atoms with E-state index in [1.54, 1.807) is 0 Å². The number of aliphatic hydroxyl groups excluding tert-OH is 1. The summed E-state index contributed by atoms with van der Waals surface area (Å²) in [5.74, 6) is 0. The zero-order valence-electron chi connectivity index (χ0n) is 13.1. The number of anilines is 1. The van der Waals surface area contributed by atoms with Crippen LogP contribution in [0.5, 0.6) is 0 Å². The standard InChI is InChI=1S/C17H29N3O/c1-2-15(8-13-21)19-17(14-18)9-11-20(12-10-17)16-6-4-3-5-7-16/h3-7,15,19,21H,2,8-14,18H2,1H3. The monoisotopic (exact) mass is 291 g/mol. The minimum Gasteiger partial charge on any atom is -0.396 e. The van der Waals surface area contributed by atoms with Gasteiger partial charge in [0.25, 0.3) is 0 Å². The van der Waals surface area contributed by atoms with Gasteiger partial charge in [-0.3, -0.25) is 0 Å². The van der Waals surface area contributed by atoms with Crippen molar-refractivity contribution >= 4 is 5.69 Å². The molecule has 1 heterocycles. The fourth-order valence-electron chi connectivity index (χ4n) is 3.21. The Morgan fingerprint density at radius 1 is 1.29 bits per heavy atom. The Balaban J connectivity index is 1.95. The summed E-state index contributed by atoms with van der Waals surface area (Å²) in [4.78, 5) is 2.43.